The van der Waals surface area contributed by atoms with Crippen LogP contribution in [0.1, 0.15) is 44.6 Å². The van der Waals surface area contributed by atoms with Crippen molar-refractivity contribution in [3.05, 3.63) is 35.9 Å². The summed E-state index contributed by atoms with van der Waals surface area (Å²) in [6.07, 6.45) is 5.82. The summed E-state index contributed by atoms with van der Waals surface area (Å²) in [5, 5.41) is 0. The van der Waals surface area contributed by atoms with Crippen molar-refractivity contribution in [2.75, 3.05) is 0 Å². The normalized spacial score (nSPS) is 12.4. The molecular weight excluding hydrogens is 210 g/mol. The molecule has 1 aromatic rings. The molecule has 0 aliphatic rings. The zero-order chi connectivity index (χ0) is 12.5. The number of unbranched alkanes of at least 4 members (excludes halogenated alkanes) is 3. The van der Waals surface area contributed by atoms with Crippen LogP contribution in [0.4, 0.5) is 0 Å². The van der Waals surface area contributed by atoms with E-state index in [-0.39, 0.29) is 11.8 Å². The minimum Gasteiger partial charge on any atom is -0.321 e. The van der Waals surface area contributed by atoms with Crippen LogP contribution in [-0.4, -0.2) is 11.8 Å². The molecule has 0 saturated heterocycles. The molecule has 0 spiro atoms. The molecule has 2 nitrogen and oxygen atoms in total. The Kier molecular flexibility index (Phi) is 6.56. The molecule has 0 aromatic heterocycles. The van der Waals surface area contributed by atoms with Crippen molar-refractivity contribution < 1.29 is 4.79 Å². The first-order valence-corrected chi connectivity index (χ1v) is 6.56. The van der Waals surface area contributed by atoms with Gasteiger partial charge in [0.05, 0.1) is 6.04 Å². The van der Waals surface area contributed by atoms with Crippen molar-refractivity contribution in [2.45, 2.75) is 51.5 Å². The number of hydrogen-bond donors (Lipinski definition) is 1. The Balaban J connectivity index is 2.27. The topological polar surface area (TPSA) is 43.1 Å². The highest BCUT2D eigenvalue weighted by Crippen LogP contribution is 2.07. The Morgan fingerprint density at radius 2 is 1.88 bits per heavy atom. The molecule has 0 unspecified atom stereocenters. The lowest BCUT2D eigenvalue weighted by Crippen LogP contribution is -2.32. The number of hydrogen-bond acceptors (Lipinski definition) is 2. The lowest BCUT2D eigenvalue weighted by atomic mass is 9.99. The highest BCUT2D eigenvalue weighted by Gasteiger charge is 2.13. The van der Waals surface area contributed by atoms with Crippen LogP contribution >= 0.6 is 0 Å². The van der Waals surface area contributed by atoms with Gasteiger partial charge in [-0.05, 0) is 18.4 Å². The third kappa shape index (κ3) is 5.64. The highest BCUT2D eigenvalue weighted by molar-refractivity contribution is 5.84. The maximum absolute atomic E-state index is 11.8. The molecule has 94 valence electrons. The summed E-state index contributed by atoms with van der Waals surface area (Å²) in [7, 11) is 0. The zero-order valence-corrected chi connectivity index (χ0v) is 10.7. The molecule has 0 bridgehead atoms. The van der Waals surface area contributed by atoms with E-state index in [1.54, 1.807) is 0 Å². The van der Waals surface area contributed by atoms with Gasteiger partial charge >= 0.3 is 0 Å². The minimum atomic E-state index is -0.334. The van der Waals surface area contributed by atoms with Crippen molar-refractivity contribution in [2.24, 2.45) is 5.73 Å². The fourth-order valence-electron chi connectivity index (χ4n) is 1.89. The van der Waals surface area contributed by atoms with Crippen LogP contribution < -0.4 is 5.73 Å². The SMILES string of the molecule is CCCCCCC(=O)[C@@H](N)Cc1ccccc1. The molecule has 0 fully saturated rings. The van der Waals surface area contributed by atoms with E-state index in [0.29, 0.717) is 12.8 Å². The van der Waals surface area contributed by atoms with Gasteiger partial charge in [-0.15, -0.1) is 0 Å². The lowest BCUT2D eigenvalue weighted by Gasteiger charge is -2.10. The van der Waals surface area contributed by atoms with Crippen molar-refractivity contribution >= 4 is 5.78 Å². The standard InChI is InChI=1S/C15H23NO/c1-2-3-4-8-11-15(17)14(16)12-13-9-6-5-7-10-13/h5-7,9-10,14H,2-4,8,11-12,16H2,1H3/t14-/m0/s1. The van der Waals surface area contributed by atoms with Crippen LogP contribution in [0.2, 0.25) is 0 Å². The van der Waals surface area contributed by atoms with Gasteiger partial charge < -0.3 is 5.73 Å². The Bertz CT molecular complexity index is 321. The van der Waals surface area contributed by atoms with Crippen LogP contribution in [0.25, 0.3) is 0 Å². The van der Waals surface area contributed by atoms with Gasteiger partial charge in [0.2, 0.25) is 0 Å². The monoisotopic (exact) mass is 233 g/mol. The third-order valence-corrected chi connectivity index (χ3v) is 2.99. The molecule has 0 radical (unpaired) electrons. The predicted molar refractivity (Wildman–Crippen MR) is 71.9 cm³/mol. The van der Waals surface area contributed by atoms with Gasteiger partial charge in [0, 0.05) is 6.42 Å². The van der Waals surface area contributed by atoms with Crippen molar-refractivity contribution in [1.82, 2.24) is 0 Å². The Morgan fingerprint density at radius 1 is 1.18 bits per heavy atom. The summed E-state index contributed by atoms with van der Waals surface area (Å²) >= 11 is 0. The average molecular weight is 233 g/mol. The molecule has 0 aliphatic carbocycles. The molecule has 0 amide bonds. The van der Waals surface area contributed by atoms with Gasteiger partial charge in [-0.25, -0.2) is 0 Å². The summed E-state index contributed by atoms with van der Waals surface area (Å²) in [6, 6.07) is 9.64. The summed E-state index contributed by atoms with van der Waals surface area (Å²) in [5.41, 5.74) is 7.06. The van der Waals surface area contributed by atoms with Crippen molar-refractivity contribution in [1.29, 1.82) is 0 Å². The van der Waals surface area contributed by atoms with Crippen molar-refractivity contribution in [3.63, 3.8) is 0 Å². The van der Waals surface area contributed by atoms with E-state index < -0.39 is 0 Å². The second-order valence-electron chi connectivity index (χ2n) is 4.57. The van der Waals surface area contributed by atoms with Crippen LogP contribution in [0.5, 0.6) is 0 Å². The molecule has 2 N–H and O–H groups in total. The summed E-state index contributed by atoms with van der Waals surface area (Å²) in [4.78, 5) is 11.8. The molecule has 1 rings (SSSR count). The first-order valence-electron chi connectivity index (χ1n) is 6.56. The summed E-state index contributed by atoms with van der Waals surface area (Å²) < 4.78 is 0. The van der Waals surface area contributed by atoms with E-state index in [2.05, 4.69) is 6.92 Å². The van der Waals surface area contributed by atoms with Gasteiger partial charge in [-0.1, -0.05) is 56.5 Å². The highest BCUT2D eigenvalue weighted by atomic mass is 16.1. The maximum Gasteiger partial charge on any atom is 0.149 e. The zero-order valence-electron chi connectivity index (χ0n) is 10.7. The first kappa shape index (κ1) is 13.9. The second-order valence-corrected chi connectivity index (χ2v) is 4.57. The fraction of sp³-hybridized carbons (Fsp3) is 0.533. The smallest absolute Gasteiger partial charge is 0.149 e. The number of nitrogens with two attached hydrogens (primary N) is 1. The number of Topliss-reactive ketones (excluding diaryl/α,β-unsaturated/α-hetero) is 1. The molecule has 1 aromatic carbocycles. The molecule has 0 heterocycles. The third-order valence-electron chi connectivity index (χ3n) is 2.99. The van der Waals surface area contributed by atoms with E-state index in [1.165, 1.54) is 12.8 Å². The number of carbonyl (C=O) groups excluding carboxylic acids is 1. The molecular formula is C15H23NO. The van der Waals surface area contributed by atoms with Crippen LogP contribution in [0, 0.1) is 0 Å². The van der Waals surface area contributed by atoms with E-state index in [0.717, 1.165) is 18.4 Å². The Morgan fingerprint density at radius 3 is 2.53 bits per heavy atom. The van der Waals surface area contributed by atoms with Gasteiger partial charge in [0.25, 0.3) is 0 Å². The van der Waals surface area contributed by atoms with E-state index >= 15 is 0 Å². The van der Waals surface area contributed by atoms with Gasteiger partial charge in [-0.2, -0.15) is 0 Å². The van der Waals surface area contributed by atoms with E-state index in [1.807, 2.05) is 30.3 Å². The lowest BCUT2D eigenvalue weighted by molar-refractivity contribution is -0.120. The fourth-order valence-corrected chi connectivity index (χ4v) is 1.89. The molecule has 17 heavy (non-hydrogen) atoms. The summed E-state index contributed by atoms with van der Waals surface area (Å²) in [5.74, 6) is 0.199. The number of rotatable bonds is 8. The van der Waals surface area contributed by atoms with Crippen LogP contribution in [0.3, 0.4) is 0 Å². The molecule has 0 aliphatic heterocycles. The van der Waals surface area contributed by atoms with Gasteiger partial charge in [0.15, 0.2) is 0 Å². The number of benzene rings is 1. The van der Waals surface area contributed by atoms with E-state index in [4.69, 9.17) is 5.73 Å². The van der Waals surface area contributed by atoms with Crippen molar-refractivity contribution in [3.8, 4) is 0 Å². The largest absolute Gasteiger partial charge is 0.321 e. The van der Waals surface area contributed by atoms with Crippen LogP contribution in [0.15, 0.2) is 30.3 Å². The molecule has 2 heteroatoms. The second kappa shape index (κ2) is 8.02. The Labute approximate surface area is 104 Å². The van der Waals surface area contributed by atoms with Gasteiger partial charge in [-0.3, -0.25) is 4.79 Å². The molecule has 1 atom stereocenters. The first-order chi connectivity index (χ1) is 8.24. The van der Waals surface area contributed by atoms with Gasteiger partial charge in [0.1, 0.15) is 5.78 Å². The quantitative estimate of drug-likeness (QED) is 0.701. The van der Waals surface area contributed by atoms with E-state index in [9.17, 15) is 4.79 Å². The summed E-state index contributed by atoms with van der Waals surface area (Å²) in [6.45, 7) is 2.17. The Hall–Kier alpha value is -1.15. The average Bonchev–Trinajstić information content (AvgIpc) is 2.35. The minimum absolute atomic E-state index is 0.199. The predicted octanol–water partition coefficient (Wildman–Crippen LogP) is 3.10. The number of ketones is 1. The maximum atomic E-state index is 11.8. The van der Waals surface area contributed by atoms with Crippen LogP contribution in [-0.2, 0) is 11.2 Å². The molecule has 0 saturated carbocycles. The number of carbonyl (C=O) groups is 1.